The monoisotopic (exact) mass is 336 g/mol. The van der Waals surface area contributed by atoms with E-state index in [0.717, 1.165) is 5.56 Å². The van der Waals surface area contributed by atoms with Crippen molar-refractivity contribution in [1.82, 2.24) is 0 Å². The summed E-state index contributed by atoms with van der Waals surface area (Å²) in [5.74, 6) is 0.411. The number of benzene rings is 2. The van der Waals surface area contributed by atoms with Gasteiger partial charge in [-0.25, -0.2) is 4.79 Å². The number of esters is 1. The lowest BCUT2D eigenvalue weighted by Gasteiger charge is -2.05. The first kappa shape index (κ1) is 16.5. The van der Waals surface area contributed by atoms with E-state index in [-0.39, 0.29) is 18.1 Å². The van der Waals surface area contributed by atoms with Gasteiger partial charge in [-0.3, -0.25) is 4.79 Å². The summed E-state index contributed by atoms with van der Waals surface area (Å²) in [5.41, 5.74) is 1.49. The topological polar surface area (TPSA) is 61.8 Å². The molecule has 3 rings (SSSR count). The zero-order valence-electron chi connectivity index (χ0n) is 13.6. The predicted molar refractivity (Wildman–Crippen MR) is 92.5 cm³/mol. The van der Waals surface area contributed by atoms with Crippen LogP contribution < -0.4 is 9.47 Å². The number of Topliss-reactive ketones (excluding diaryl/α,β-unsaturated/α-hetero) is 1. The molecule has 0 spiro atoms. The molecule has 0 radical (unpaired) electrons. The molecule has 2 aromatic rings. The van der Waals surface area contributed by atoms with Gasteiger partial charge in [-0.1, -0.05) is 42.5 Å². The molecular weight excluding hydrogens is 320 g/mol. The lowest BCUT2D eigenvalue weighted by Crippen LogP contribution is -2.12. The third kappa shape index (κ3) is 3.95. The fraction of sp³-hybridized carbons (Fsp3) is 0.100. The summed E-state index contributed by atoms with van der Waals surface area (Å²) in [6, 6.07) is 14.6. The van der Waals surface area contributed by atoms with Crippen LogP contribution in [-0.4, -0.2) is 25.5 Å². The first-order valence-electron chi connectivity index (χ1n) is 7.67. The van der Waals surface area contributed by atoms with Gasteiger partial charge in [-0.15, -0.1) is 0 Å². The maximum atomic E-state index is 12.3. The molecule has 0 saturated heterocycles. The van der Waals surface area contributed by atoms with Crippen molar-refractivity contribution in [2.24, 2.45) is 0 Å². The molecule has 1 aliphatic heterocycles. The van der Waals surface area contributed by atoms with E-state index in [1.54, 1.807) is 30.4 Å². The van der Waals surface area contributed by atoms with Crippen molar-refractivity contribution in [3.63, 3.8) is 0 Å². The minimum Gasteiger partial charge on any atom is -0.482 e. The highest BCUT2D eigenvalue weighted by Crippen LogP contribution is 2.34. The lowest BCUT2D eigenvalue weighted by atomic mass is 10.1. The lowest BCUT2D eigenvalue weighted by molar-refractivity contribution is -0.142. The van der Waals surface area contributed by atoms with E-state index in [9.17, 15) is 9.59 Å². The van der Waals surface area contributed by atoms with Crippen molar-refractivity contribution >= 4 is 17.8 Å². The van der Waals surface area contributed by atoms with Crippen molar-refractivity contribution < 1.29 is 23.8 Å². The minimum absolute atomic E-state index is 0.188. The van der Waals surface area contributed by atoms with Gasteiger partial charge in [0.25, 0.3) is 0 Å². The Hall–Kier alpha value is -3.34. The fourth-order valence-electron chi connectivity index (χ4n) is 2.28. The molecule has 0 saturated carbocycles. The second-order valence-corrected chi connectivity index (χ2v) is 5.25. The third-order valence-corrected chi connectivity index (χ3v) is 3.56. The zero-order valence-corrected chi connectivity index (χ0v) is 13.6. The molecule has 0 bridgehead atoms. The van der Waals surface area contributed by atoms with Gasteiger partial charge in [-0.2, -0.15) is 0 Å². The number of rotatable bonds is 5. The van der Waals surface area contributed by atoms with Crippen molar-refractivity contribution in [2.75, 3.05) is 13.7 Å². The molecule has 0 aliphatic carbocycles. The van der Waals surface area contributed by atoms with Crippen LogP contribution in [0.1, 0.15) is 15.9 Å². The molecule has 0 atom stereocenters. The smallest absolute Gasteiger partial charge is 0.343 e. The van der Waals surface area contributed by atoms with Crippen LogP contribution in [0.3, 0.4) is 0 Å². The Morgan fingerprint density at radius 3 is 2.72 bits per heavy atom. The number of ether oxygens (including phenoxy) is 3. The maximum absolute atomic E-state index is 12.3. The first-order chi connectivity index (χ1) is 12.2. The van der Waals surface area contributed by atoms with E-state index in [1.807, 2.05) is 36.4 Å². The van der Waals surface area contributed by atoms with E-state index < -0.39 is 5.97 Å². The van der Waals surface area contributed by atoms with Gasteiger partial charge in [-0.05, 0) is 23.8 Å². The highest BCUT2D eigenvalue weighted by molar-refractivity contribution is 6.12. The van der Waals surface area contributed by atoms with Crippen LogP contribution >= 0.6 is 0 Å². The largest absolute Gasteiger partial charge is 0.482 e. The average molecular weight is 336 g/mol. The van der Waals surface area contributed by atoms with Crippen LogP contribution in [0.5, 0.6) is 11.5 Å². The molecule has 126 valence electrons. The SMILES string of the molecule is COC(=O)COc1ccc2c(c1)OC(=CC=Cc1ccccc1)C2=O. The number of hydrogen-bond acceptors (Lipinski definition) is 5. The Morgan fingerprint density at radius 1 is 1.16 bits per heavy atom. The van der Waals surface area contributed by atoms with Crippen LogP contribution in [0.15, 0.2) is 66.4 Å². The molecule has 1 heterocycles. The van der Waals surface area contributed by atoms with Crippen LogP contribution in [0.4, 0.5) is 0 Å². The summed E-state index contributed by atoms with van der Waals surface area (Å²) in [4.78, 5) is 23.4. The highest BCUT2D eigenvalue weighted by Gasteiger charge is 2.27. The fourth-order valence-corrected chi connectivity index (χ4v) is 2.28. The number of carbonyl (C=O) groups excluding carboxylic acids is 2. The minimum atomic E-state index is -0.482. The Morgan fingerprint density at radius 2 is 1.96 bits per heavy atom. The van der Waals surface area contributed by atoms with Crippen molar-refractivity contribution in [3.8, 4) is 11.5 Å². The van der Waals surface area contributed by atoms with Crippen molar-refractivity contribution in [1.29, 1.82) is 0 Å². The van der Waals surface area contributed by atoms with Crippen LogP contribution in [0.25, 0.3) is 6.08 Å². The van der Waals surface area contributed by atoms with Crippen LogP contribution in [0.2, 0.25) is 0 Å². The summed E-state index contributed by atoms with van der Waals surface area (Å²) < 4.78 is 15.4. The quantitative estimate of drug-likeness (QED) is 0.618. The second kappa shape index (κ2) is 7.49. The highest BCUT2D eigenvalue weighted by atomic mass is 16.6. The molecule has 25 heavy (non-hydrogen) atoms. The Labute approximate surface area is 145 Å². The van der Waals surface area contributed by atoms with Crippen molar-refractivity contribution in [3.05, 3.63) is 77.6 Å². The van der Waals surface area contributed by atoms with Crippen LogP contribution in [-0.2, 0) is 9.53 Å². The molecule has 1 aliphatic rings. The molecular formula is C20H16O5. The van der Waals surface area contributed by atoms with Crippen LogP contribution in [0, 0.1) is 0 Å². The molecule has 5 heteroatoms. The Balaban J connectivity index is 1.71. The van der Waals surface area contributed by atoms with E-state index in [2.05, 4.69) is 4.74 Å². The Bertz CT molecular complexity index is 850. The number of allylic oxidation sites excluding steroid dienone is 3. The number of fused-ring (bicyclic) bond motifs is 1. The van der Waals surface area contributed by atoms with Gasteiger partial charge < -0.3 is 14.2 Å². The molecule has 5 nitrogen and oxygen atoms in total. The maximum Gasteiger partial charge on any atom is 0.343 e. The molecule has 0 unspecified atom stereocenters. The normalized spacial score (nSPS) is 14.4. The van der Waals surface area contributed by atoms with Gasteiger partial charge in [0.1, 0.15) is 11.5 Å². The number of carbonyl (C=O) groups is 2. The summed E-state index contributed by atoms with van der Waals surface area (Å²) in [5, 5.41) is 0. The summed E-state index contributed by atoms with van der Waals surface area (Å²) in [6.45, 7) is -0.203. The number of methoxy groups -OCH3 is 1. The van der Waals surface area contributed by atoms with E-state index >= 15 is 0 Å². The third-order valence-electron chi connectivity index (χ3n) is 3.56. The van der Waals surface area contributed by atoms with E-state index in [4.69, 9.17) is 9.47 Å². The predicted octanol–water partition coefficient (Wildman–Crippen LogP) is 3.41. The van der Waals surface area contributed by atoms with Gasteiger partial charge in [0.2, 0.25) is 5.78 Å². The van der Waals surface area contributed by atoms with E-state index in [0.29, 0.717) is 17.1 Å². The van der Waals surface area contributed by atoms with Gasteiger partial charge >= 0.3 is 5.97 Å². The summed E-state index contributed by atoms with van der Waals surface area (Å²) in [7, 11) is 1.29. The second-order valence-electron chi connectivity index (χ2n) is 5.25. The van der Waals surface area contributed by atoms with E-state index in [1.165, 1.54) is 7.11 Å². The van der Waals surface area contributed by atoms with Gasteiger partial charge in [0.15, 0.2) is 12.4 Å². The first-order valence-corrected chi connectivity index (χ1v) is 7.67. The average Bonchev–Trinajstić information content (AvgIpc) is 2.96. The molecule has 0 fully saturated rings. The summed E-state index contributed by atoms with van der Waals surface area (Å²) >= 11 is 0. The molecule has 0 aromatic heterocycles. The van der Waals surface area contributed by atoms with Gasteiger partial charge in [0.05, 0.1) is 12.7 Å². The standard InChI is InChI=1S/C20H16O5/c1-23-19(21)13-24-15-10-11-16-18(12-15)25-17(20(16)22)9-5-8-14-6-3-2-4-7-14/h2-12H,13H2,1H3. The zero-order chi connectivity index (χ0) is 17.6. The van der Waals surface area contributed by atoms with Gasteiger partial charge in [0, 0.05) is 6.07 Å². The number of ketones is 1. The summed E-state index contributed by atoms with van der Waals surface area (Å²) in [6.07, 6.45) is 5.28. The molecule has 0 N–H and O–H groups in total. The Kier molecular flexibility index (Phi) is 4.95. The molecule has 2 aromatic carbocycles. The molecule has 0 amide bonds. The van der Waals surface area contributed by atoms with Crippen molar-refractivity contribution in [2.45, 2.75) is 0 Å². The number of hydrogen-bond donors (Lipinski definition) is 0.